The number of aliphatic carboxylic acids is 1. The smallest absolute Gasteiger partial charge is 0.332 e. The summed E-state index contributed by atoms with van der Waals surface area (Å²) in [5, 5.41) is 12.3. The van der Waals surface area contributed by atoms with Crippen molar-refractivity contribution >= 4 is 89.5 Å². The summed E-state index contributed by atoms with van der Waals surface area (Å²) in [7, 11) is 0. The lowest BCUT2D eigenvalue weighted by atomic mass is 9.93. The quantitative estimate of drug-likeness (QED) is 0.0630. The predicted octanol–water partition coefficient (Wildman–Crippen LogP) is 15.2. The number of ether oxygens (including phenoxy) is 3. The van der Waals surface area contributed by atoms with Gasteiger partial charge in [-0.15, -0.1) is 0 Å². The summed E-state index contributed by atoms with van der Waals surface area (Å²) >= 11 is 4.24. The van der Waals surface area contributed by atoms with E-state index in [9.17, 15) is 14.0 Å². The Kier molecular flexibility index (Phi) is 26.6. The molecule has 4 heterocycles. The highest BCUT2D eigenvalue weighted by Gasteiger charge is 2.38. The number of piperidine rings is 2. The second-order valence-corrected chi connectivity index (χ2v) is 23.6. The molecule has 5 aliphatic rings. The van der Waals surface area contributed by atoms with Crippen LogP contribution in [-0.2, 0) is 23.8 Å². The standard InChI is InChI=1S/C28H39FN4O3.C24H31FN4O3.C12H17N.I2/c1-27(2,3)36-26(34)20-35-21-28(29)14-16-32(17-15-28)24-18-30-19-25(31-24)33(22-10-6-4-7-11-22)23-12-8-5-9-13-23;25-24(18-32-17-23(30)31)11-13-28(14-12-24)21-15-26-16-22(27-21)29(19-7-3-1-4-8-19)20-9-5-2-6-10-20;1-3-7-11(8-4-1)13-12-9-5-2-6-10-12;1-2/h4,6-7,10-11,18-19,23H,5,8-9,12-17,20-21H2,1-3H3;1,3-4,7-8,15-16,20H,2,5-6,9-14,17-18H2,(H,30,31);1,3-4,7-8,12-13H,2,5-6,9-10H2;. The number of carbonyl (C=O) groups is 2. The van der Waals surface area contributed by atoms with E-state index in [1.807, 2.05) is 36.7 Å². The largest absolute Gasteiger partial charge is 0.480 e. The van der Waals surface area contributed by atoms with E-state index in [1.165, 1.54) is 76.3 Å². The number of halogens is 4. The highest BCUT2D eigenvalue weighted by molar-refractivity contribution is 15.0. The fourth-order valence-electron chi connectivity index (χ4n) is 11.7. The van der Waals surface area contributed by atoms with Gasteiger partial charge in [0.1, 0.15) is 41.8 Å². The van der Waals surface area contributed by atoms with E-state index in [2.05, 4.69) is 139 Å². The summed E-state index contributed by atoms with van der Waals surface area (Å²) in [5.41, 5.74) is -0.0460. The van der Waals surface area contributed by atoms with Crippen molar-refractivity contribution in [3.8, 4) is 0 Å². The SMILES string of the molecule is CC(C)(C)OC(=O)COCC1(F)CCN(c2cncc(N(c3ccccc3)C3CCCCC3)n2)CC1.II.O=C(O)COCC1(F)CCN(c2cncc(N(c3ccccc3)C3CCCCC3)n2)CC1.c1ccc(NC2CCCCC2)cc1. The van der Waals surface area contributed by atoms with Gasteiger partial charge in [0.05, 0.1) is 38.0 Å². The van der Waals surface area contributed by atoms with E-state index in [4.69, 9.17) is 29.3 Å². The molecule has 5 fully saturated rings. The van der Waals surface area contributed by atoms with E-state index in [1.54, 1.807) is 33.2 Å². The molecule has 0 atom stereocenters. The zero-order chi connectivity index (χ0) is 58.9. The van der Waals surface area contributed by atoms with Gasteiger partial charge in [0.25, 0.3) is 0 Å². The molecule has 3 aromatic carbocycles. The topological polar surface area (TPSA) is 159 Å². The Morgan fingerprint density at radius 3 is 1.37 bits per heavy atom. The number of esters is 1. The van der Waals surface area contributed by atoms with Crippen LogP contribution in [0.25, 0.3) is 0 Å². The van der Waals surface area contributed by atoms with Gasteiger partial charge in [-0.25, -0.2) is 28.3 Å². The maximum Gasteiger partial charge on any atom is 0.332 e. The Balaban J connectivity index is 0.000000192. The molecule has 83 heavy (non-hydrogen) atoms. The molecule has 5 aromatic rings. The second-order valence-electron chi connectivity index (χ2n) is 23.6. The lowest BCUT2D eigenvalue weighted by Crippen LogP contribution is -2.45. The summed E-state index contributed by atoms with van der Waals surface area (Å²) in [5.74, 6) is 1.61. The van der Waals surface area contributed by atoms with Crippen LogP contribution in [0.15, 0.2) is 116 Å². The Bertz CT molecular complexity index is 2650. The van der Waals surface area contributed by atoms with Gasteiger partial charge in [-0.2, -0.15) is 0 Å². The first-order valence-electron chi connectivity index (χ1n) is 30.0. The number of carboxylic acid groups (broad SMARTS) is 1. The number of carboxylic acids is 1. The Hall–Kier alpha value is -5.00. The number of para-hydroxylation sites is 3. The minimum absolute atomic E-state index is 0.116. The van der Waals surface area contributed by atoms with Crippen LogP contribution in [0.4, 0.5) is 49.1 Å². The van der Waals surface area contributed by atoms with Crippen molar-refractivity contribution in [2.24, 2.45) is 0 Å². The van der Waals surface area contributed by atoms with Gasteiger partial charge in [0.2, 0.25) is 0 Å². The number of nitrogens with one attached hydrogen (secondary N) is 1. The van der Waals surface area contributed by atoms with Crippen LogP contribution in [-0.4, -0.2) is 125 Å². The molecule has 2 aliphatic heterocycles. The Labute approximate surface area is 514 Å². The maximum absolute atomic E-state index is 15.4. The molecule has 10 rings (SSSR count). The van der Waals surface area contributed by atoms with E-state index < -0.39 is 35.5 Å². The van der Waals surface area contributed by atoms with E-state index in [0.29, 0.717) is 51.1 Å². The Morgan fingerprint density at radius 1 is 0.590 bits per heavy atom. The zero-order valence-corrected chi connectivity index (χ0v) is 53.2. The summed E-state index contributed by atoms with van der Waals surface area (Å²) in [6, 6.07) is 32.7. The molecular formula is C64H87F2I2N9O6. The number of benzene rings is 3. The maximum atomic E-state index is 15.4. The third-order valence-corrected chi connectivity index (χ3v) is 16.0. The summed E-state index contributed by atoms with van der Waals surface area (Å²) in [4.78, 5) is 50.2. The van der Waals surface area contributed by atoms with Crippen LogP contribution in [0, 0.1) is 0 Å². The second kappa shape index (κ2) is 33.6. The zero-order valence-electron chi connectivity index (χ0n) is 48.9. The summed E-state index contributed by atoms with van der Waals surface area (Å²) in [6.07, 6.45) is 27.2. The van der Waals surface area contributed by atoms with Crippen molar-refractivity contribution in [2.75, 3.05) is 77.5 Å². The molecule has 2 saturated heterocycles. The third-order valence-electron chi connectivity index (χ3n) is 16.0. The van der Waals surface area contributed by atoms with Gasteiger partial charge in [-0.3, -0.25) is 9.97 Å². The van der Waals surface area contributed by atoms with E-state index >= 15 is 4.39 Å². The molecule has 2 N–H and O–H groups in total. The van der Waals surface area contributed by atoms with Crippen LogP contribution < -0.4 is 24.9 Å². The van der Waals surface area contributed by atoms with Crippen LogP contribution in [0.5, 0.6) is 0 Å². The van der Waals surface area contributed by atoms with Crippen molar-refractivity contribution < 1.29 is 37.7 Å². The predicted molar refractivity (Wildman–Crippen MR) is 346 cm³/mol. The highest BCUT2D eigenvalue weighted by Crippen LogP contribution is 2.37. The van der Waals surface area contributed by atoms with Gasteiger partial charge in [0.15, 0.2) is 11.6 Å². The summed E-state index contributed by atoms with van der Waals surface area (Å²) in [6.45, 7) is 6.36. The number of aromatic nitrogens is 4. The number of rotatable bonds is 18. The molecule has 0 radical (unpaired) electrons. The number of anilines is 7. The molecule has 0 unspecified atom stereocenters. The van der Waals surface area contributed by atoms with Crippen molar-refractivity contribution in [1.29, 1.82) is 0 Å². The molecule has 19 heteroatoms. The molecule has 0 bridgehead atoms. The van der Waals surface area contributed by atoms with Gasteiger partial charge in [0, 0.05) is 124 Å². The van der Waals surface area contributed by atoms with Crippen molar-refractivity contribution in [1.82, 2.24) is 19.9 Å². The molecule has 0 spiro atoms. The summed E-state index contributed by atoms with van der Waals surface area (Å²) < 4.78 is 46.0. The molecule has 15 nitrogen and oxygen atoms in total. The first kappa shape index (κ1) is 65.5. The van der Waals surface area contributed by atoms with Crippen LogP contribution in [0.2, 0.25) is 0 Å². The molecule has 452 valence electrons. The van der Waals surface area contributed by atoms with E-state index in [-0.39, 0.29) is 32.7 Å². The first-order chi connectivity index (χ1) is 40.2. The number of nitrogens with zero attached hydrogens (tertiary/aromatic N) is 8. The number of hydrogen-bond donors (Lipinski definition) is 2. The minimum Gasteiger partial charge on any atom is -0.480 e. The fourth-order valence-corrected chi connectivity index (χ4v) is 11.7. The average Bonchev–Trinajstić information content (AvgIpc) is 3.68. The first-order valence-corrected chi connectivity index (χ1v) is 36.3. The van der Waals surface area contributed by atoms with Crippen molar-refractivity contribution in [2.45, 2.75) is 178 Å². The molecule has 3 aliphatic carbocycles. The van der Waals surface area contributed by atoms with Crippen LogP contribution in [0.1, 0.15) is 143 Å². The van der Waals surface area contributed by atoms with Crippen molar-refractivity contribution in [3.05, 3.63) is 116 Å². The molecule has 2 aromatic heterocycles. The van der Waals surface area contributed by atoms with Gasteiger partial charge < -0.3 is 44.2 Å². The van der Waals surface area contributed by atoms with Gasteiger partial charge >= 0.3 is 11.9 Å². The van der Waals surface area contributed by atoms with Crippen LogP contribution >= 0.6 is 37.2 Å². The highest BCUT2D eigenvalue weighted by atomic mass is 128. The van der Waals surface area contributed by atoms with Gasteiger partial charge in [-0.05, 0) is 95.7 Å². The van der Waals surface area contributed by atoms with E-state index in [0.717, 1.165) is 66.4 Å². The van der Waals surface area contributed by atoms with Gasteiger partial charge in [-0.1, -0.05) is 112 Å². The lowest BCUT2D eigenvalue weighted by molar-refractivity contribution is -0.161. The number of alkyl halides is 2. The lowest BCUT2D eigenvalue weighted by Gasteiger charge is -2.38. The fraction of sp³-hybridized carbons (Fsp3) is 0.562. The third kappa shape index (κ3) is 21.5. The minimum atomic E-state index is -1.50. The monoisotopic (exact) mass is 1370 g/mol. The van der Waals surface area contributed by atoms with Crippen LogP contribution in [0.3, 0.4) is 0 Å². The number of carbonyl (C=O) groups excluding carboxylic acids is 1. The number of hydrogen-bond acceptors (Lipinski definition) is 14. The molecule has 3 saturated carbocycles. The Morgan fingerprint density at radius 2 is 0.976 bits per heavy atom. The molecular weight excluding hydrogens is 1280 g/mol. The normalized spacial score (nSPS) is 18.3. The van der Waals surface area contributed by atoms with Crippen molar-refractivity contribution in [3.63, 3.8) is 0 Å². The average molecular weight is 1370 g/mol. The molecule has 0 amide bonds.